The number of carbonyl (C=O) groups excluding carboxylic acids is 1. The van der Waals surface area contributed by atoms with E-state index in [9.17, 15) is 4.79 Å². The first-order chi connectivity index (χ1) is 11.6. The summed E-state index contributed by atoms with van der Waals surface area (Å²) in [5.41, 5.74) is 3.72. The molecule has 128 valence electrons. The average molecular weight is 328 g/mol. The number of aromatic nitrogens is 1. The highest BCUT2D eigenvalue weighted by atomic mass is 16.5. The number of ether oxygens (including phenoxy) is 1. The minimum atomic E-state index is -0.242. The molecule has 0 amide bonds. The number of esters is 1. The van der Waals surface area contributed by atoms with Crippen LogP contribution in [0.1, 0.15) is 36.0 Å². The summed E-state index contributed by atoms with van der Waals surface area (Å²) >= 11 is 0. The molecule has 0 bridgehead atoms. The number of hydrogen-bond donors (Lipinski definition) is 1. The smallest absolute Gasteiger partial charge is 0.305 e. The Labute approximate surface area is 143 Å². The second kappa shape index (κ2) is 10.9. The summed E-state index contributed by atoms with van der Waals surface area (Å²) in [6.45, 7) is 3.96. The molecule has 2 aromatic rings. The summed E-state index contributed by atoms with van der Waals surface area (Å²) in [5.74, 6) is -0.242. The van der Waals surface area contributed by atoms with E-state index in [-0.39, 0.29) is 5.97 Å². The molecule has 1 aromatic carbocycles. The number of aryl methyl sites for hydroxylation is 2. The number of carbonyl (C=O) groups is 1. The maximum absolute atomic E-state index is 11.0. The van der Waals surface area contributed by atoms with Crippen LogP contribution in [0.3, 0.4) is 0 Å². The molecule has 0 unspecified atom stereocenters. The van der Waals surface area contributed by atoms with E-state index in [0.29, 0.717) is 25.0 Å². The van der Waals surface area contributed by atoms with E-state index >= 15 is 0 Å². The van der Waals surface area contributed by atoms with Gasteiger partial charge in [0, 0.05) is 24.4 Å². The summed E-state index contributed by atoms with van der Waals surface area (Å²) < 4.78 is 4.57. The van der Waals surface area contributed by atoms with Crippen molar-refractivity contribution in [2.24, 2.45) is 5.16 Å². The Bertz CT molecular complexity index is 628. The van der Waals surface area contributed by atoms with Crippen LogP contribution in [0.15, 0.2) is 53.9 Å². The number of oxime groups is 1. The van der Waals surface area contributed by atoms with Crippen LogP contribution in [0.4, 0.5) is 0 Å². The lowest BCUT2D eigenvalue weighted by molar-refractivity contribution is -0.140. The fourth-order valence-corrected chi connectivity index (χ4v) is 2.10. The highest BCUT2D eigenvalue weighted by Crippen LogP contribution is 2.15. The molecule has 0 fully saturated rings. The third-order valence-electron chi connectivity index (χ3n) is 3.41. The summed E-state index contributed by atoms with van der Waals surface area (Å²) in [6, 6.07) is 11.7. The van der Waals surface area contributed by atoms with Crippen molar-refractivity contribution < 1.29 is 14.7 Å². The van der Waals surface area contributed by atoms with Gasteiger partial charge in [-0.25, -0.2) is 0 Å². The van der Waals surface area contributed by atoms with Crippen molar-refractivity contribution in [3.05, 3.63) is 65.5 Å². The van der Waals surface area contributed by atoms with Crippen LogP contribution >= 0.6 is 0 Å². The van der Waals surface area contributed by atoms with Gasteiger partial charge in [-0.15, -0.1) is 0 Å². The van der Waals surface area contributed by atoms with Gasteiger partial charge in [-0.2, -0.15) is 0 Å². The molecular formula is C19H24N2O3. The van der Waals surface area contributed by atoms with Crippen molar-refractivity contribution in [3.63, 3.8) is 0 Å². The van der Waals surface area contributed by atoms with E-state index in [1.807, 2.05) is 50.2 Å². The number of hydrogen-bond acceptors (Lipinski definition) is 5. The standard InChI is InChI=1S/C14H19NO3.C5H5N/c1-10-7-8-11(2)12(9-10)13(15-17)5-4-6-14(16)18-3;1-2-4-6-5-3-1/h7-9,17H,4-6H2,1-3H3;1-5H/b15-13-;. The summed E-state index contributed by atoms with van der Waals surface area (Å²) in [7, 11) is 1.37. The van der Waals surface area contributed by atoms with Crippen LogP contribution < -0.4 is 0 Å². The van der Waals surface area contributed by atoms with Crippen molar-refractivity contribution in [1.82, 2.24) is 4.98 Å². The summed E-state index contributed by atoms with van der Waals surface area (Å²) in [5, 5.41) is 12.4. The number of pyridine rings is 1. The molecule has 1 heterocycles. The minimum absolute atomic E-state index is 0.242. The maximum atomic E-state index is 11.0. The Morgan fingerprint density at radius 3 is 2.38 bits per heavy atom. The number of methoxy groups -OCH3 is 1. The van der Waals surface area contributed by atoms with E-state index in [1.165, 1.54) is 7.11 Å². The molecule has 24 heavy (non-hydrogen) atoms. The third kappa shape index (κ3) is 7.05. The van der Waals surface area contributed by atoms with Crippen molar-refractivity contribution in [3.8, 4) is 0 Å². The Balaban J connectivity index is 0.000000400. The SMILES string of the molecule is COC(=O)CCC/C(=N/O)c1cc(C)ccc1C.c1ccncc1. The van der Waals surface area contributed by atoms with Gasteiger partial charge in [0.25, 0.3) is 0 Å². The molecule has 0 aliphatic heterocycles. The van der Waals surface area contributed by atoms with Crippen molar-refractivity contribution in [2.75, 3.05) is 7.11 Å². The predicted molar refractivity (Wildman–Crippen MR) is 94.3 cm³/mol. The highest BCUT2D eigenvalue weighted by molar-refractivity contribution is 6.01. The van der Waals surface area contributed by atoms with E-state index < -0.39 is 0 Å². The Hall–Kier alpha value is -2.69. The first kappa shape index (κ1) is 19.4. The normalized spacial score (nSPS) is 10.5. The Morgan fingerprint density at radius 1 is 1.17 bits per heavy atom. The second-order valence-electron chi connectivity index (χ2n) is 5.32. The lowest BCUT2D eigenvalue weighted by Gasteiger charge is -2.09. The highest BCUT2D eigenvalue weighted by Gasteiger charge is 2.09. The summed E-state index contributed by atoms with van der Waals surface area (Å²) in [6.07, 6.45) is 5.00. The van der Waals surface area contributed by atoms with Gasteiger partial charge in [-0.05, 0) is 50.5 Å². The molecule has 0 aliphatic rings. The fourth-order valence-electron chi connectivity index (χ4n) is 2.10. The molecule has 0 aliphatic carbocycles. The second-order valence-corrected chi connectivity index (χ2v) is 5.32. The Morgan fingerprint density at radius 2 is 1.88 bits per heavy atom. The minimum Gasteiger partial charge on any atom is -0.469 e. The molecule has 1 N–H and O–H groups in total. The average Bonchev–Trinajstić information content (AvgIpc) is 2.63. The maximum Gasteiger partial charge on any atom is 0.305 e. The van der Waals surface area contributed by atoms with Gasteiger partial charge in [-0.1, -0.05) is 28.9 Å². The third-order valence-corrected chi connectivity index (χ3v) is 3.41. The van der Waals surface area contributed by atoms with Crippen LogP contribution in [-0.4, -0.2) is 29.0 Å². The van der Waals surface area contributed by atoms with E-state index in [1.54, 1.807) is 12.4 Å². The Kier molecular flexibility index (Phi) is 8.82. The monoisotopic (exact) mass is 328 g/mol. The molecule has 0 atom stereocenters. The lowest BCUT2D eigenvalue weighted by atomic mass is 9.98. The first-order valence-electron chi connectivity index (χ1n) is 7.78. The molecule has 0 saturated heterocycles. The van der Waals surface area contributed by atoms with Gasteiger partial charge in [0.1, 0.15) is 0 Å². The molecular weight excluding hydrogens is 304 g/mol. The van der Waals surface area contributed by atoms with Gasteiger partial charge in [0.05, 0.1) is 12.8 Å². The van der Waals surface area contributed by atoms with E-state index in [0.717, 1.165) is 16.7 Å². The van der Waals surface area contributed by atoms with Crippen LogP contribution in [0.2, 0.25) is 0 Å². The number of nitrogens with zero attached hydrogens (tertiary/aromatic N) is 2. The molecule has 5 nitrogen and oxygen atoms in total. The molecule has 0 radical (unpaired) electrons. The van der Waals surface area contributed by atoms with Crippen LogP contribution in [0, 0.1) is 13.8 Å². The lowest BCUT2D eigenvalue weighted by Crippen LogP contribution is -2.06. The van der Waals surface area contributed by atoms with E-state index in [2.05, 4.69) is 14.9 Å². The van der Waals surface area contributed by atoms with Crippen LogP contribution in [-0.2, 0) is 9.53 Å². The van der Waals surface area contributed by atoms with E-state index in [4.69, 9.17) is 5.21 Å². The van der Waals surface area contributed by atoms with Gasteiger partial charge in [0.2, 0.25) is 0 Å². The topological polar surface area (TPSA) is 71.8 Å². The predicted octanol–water partition coefficient (Wildman–Crippen LogP) is 3.91. The van der Waals surface area contributed by atoms with Crippen molar-refractivity contribution in [1.29, 1.82) is 0 Å². The fraction of sp³-hybridized carbons (Fsp3) is 0.316. The quantitative estimate of drug-likeness (QED) is 0.391. The number of rotatable bonds is 5. The molecule has 5 heteroatoms. The van der Waals surface area contributed by atoms with Gasteiger partial charge < -0.3 is 9.94 Å². The summed E-state index contributed by atoms with van der Waals surface area (Å²) in [4.78, 5) is 14.8. The zero-order chi connectivity index (χ0) is 17.8. The largest absolute Gasteiger partial charge is 0.469 e. The number of benzene rings is 1. The van der Waals surface area contributed by atoms with Crippen LogP contribution in [0.25, 0.3) is 0 Å². The van der Waals surface area contributed by atoms with Crippen molar-refractivity contribution >= 4 is 11.7 Å². The molecule has 0 spiro atoms. The van der Waals surface area contributed by atoms with Gasteiger partial charge in [-0.3, -0.25) is 9.78 Å². The zero-order valence-electron chi connectivity index (χ0n) is 14.4. The van der Waals surface area contributed by atoms with Crippen molar-refractivity contribution in [2.45, 2.75) is 33.1 Å². The van der Waals surface area contributed by atoms with Gasteiger partial charge in [0.15, 0.2) is 0 Å². The molecule has 2 rings (SSSR count). The van der Waals surface area contributed by atoms with Gasteiger partial charge >= 0.3 is 5.97 Å². The first-order valence-corrected chi connectivity index (χ1v) is 7.78. The molecule has 1 aromatic heterocycles. The van der Waals surface area contributed by atoms with Crippen LogP contribution in [0.5, 0.6) is 0 Å². The zero-order valence-corrected chi connectivity index (χ0v) is 14.4. The molecule has 0 saturated carbocycles.